The summed E-state index contributed by atoms with van der Waals surface area (Å²) in [5.74, 6) is -0.156. The minimum atomic E-state index is -0.180. The lowest BCUT2D eigenvalue weighted by molar-refractivity contribution is -0.861. The second-order valence-corrected chi connectivity index (χ2v) is 6.85. The van der Waals surface area contributed by atoms with Gasteiger partial charge >= 0.3 is 0 Å². The number of aryl methyl sites for hydroxylation is 1. The van der Waals surface area contributed by atoms with Crippen LogP contribution >= 0.6 is 11.6 Å². The van der Waals surface area contributed by atoms with Crippen molar-refractivity contribution < 1.29 is 14.5 Å². The van der Waals surface area contributed by atoms with E-state index in [0.717, 1.165) is 16.3 Å². The first-order chi connectivity index (χ1) is 12.3. The molecule has 0 saturated heterocycles. The molecule has 1 heterocycles. The zero-order valence-corrected chi connectivity index (χ0v) is 16.2. The molecule has 0 aliphatic rings. The van der Waals surface area contributed by atoms with Crippen LogP contribution in [0.15, 0.2) is 43.0 Å². The molecule has 2 aromatic rings. The molecule has 2 rings (SSSR count). The molecule has 0 fully saturated rings. The molecule has 0 spiro atoms. The second kappa shape index (κ2) is 8.83. The number of allylic oxidation sites excluding steroid dienone is 1. The summed E-state index contributed by atoms with van der Waals surface area (Å²) in [6.07, 6.45) is 1.81. The average Bonchev–Trinajstić information content (AvgIpc) is 2.85. The van der Waals surface area contributed by atoms with Gasteiger partial charge in [0, 0.05) is 23.5 Å². The van der Waals surface area contributed by atoms with Crippen molar-refractivity contribution in [2.75, 3.05) is 25.5 Å². The van der Waals surface area contributed by atoms with E-state index >= 15 is 0 Å². The van der Waals surface area contributed by atoms with Crippen LogP contribution in [0, 0.1) is 13.8 Å². The predicted octanol–water partition coefficient (Wildman–Crippen LogP) is 2.28. The third-order valence-electron chi connectivity index (χ3n) is 4.26. The Morgan fingerprint density at radius 1 is 1.27 bits per heavy atom. The lowest BCUT2D eigenvalue weighted by Gasteiger charge is -2.14. The fraction of sp³-hybridized carbons (Fsp3) is 0.300. The molecule has 0 radical (unpaired) electrons. The summed E-state index contributed by atoms with van der Waals surface area (Å²) in [7, 11) is 1.83. The highest BCUT2D eigenvalue weighted by molar-refractivity contribution is 6.33. The van der Waals surface area contributed by atoms with Crippen molar-refractivity contribution in [2.45, 2.75) is 20.4 Å². The molecule has 1 unspecified atom stereocenters. The highest BCUT2D eigenvalue weighted by Crippen LogP contribution is 2.20. The summed E-state index contributed by atoms with van der Waals surface area (Å²) in [6.45, 7) is 8.76. The Hall–Kier alpha value is -2.37. The van der Waals surface area contributed by atoms with E-state index in [-0.39, 0.29) is 24.8 Å². The van der Waals surface area contributed by atoms with Crippen LogP contribution in [0.3, 0.4) is 0 Å². The number of carbonyl (C=O) groups is 2. The molecule has 1 aromatic heterocycles. The first-order valence-corrected chi connectivity index (χ1v) is 8.87. The Morgan fingerprint density at radius 3 is 2.62 bits per heavy atom. The fourth-order valence-electron chi connectivity index (χ4n) is 2.96. The van der Waals surface area contributed by atoms with Crippen molar-refractivity contribution in [1.82, 2.24) is 4.57 Å². The van der Waals surface area contributed by atoms with Gasteiger partial charge < -0.3 is 14.8 Å². The van der Waals surface area contributed by atoms with Gasteiger partial charge in [0.2, 0.25) is 5.78 Å². The van der Waals surface area contributed by atoms with Gasteiger partial charge in [0.05, 0.1) is 17.8 Å². The first kappa shape index (κ1) is 19.9. The molecule has 0 aliphatic carbocycles. The summed E-state index contributed by atoms with van der Waals surface area (Å²) >= 11 is 6.04. The molecule has 0 bridgehead atoms. The minimum Gasteiger partial charge on any atom is -0.345 e. The molecule has 1 atom stereocenters. The molecule has 1 aromatic carbocycles. The van der Waals surface area contributed by atoms with Gasteiger partial charge in [-0.15, -0.1) is 6.58 Å². The van der Waals surface area contributed by atoms with Crippen LogP contribution in [0.25, 0.3) is 0 Å². The zero-order chi connectivity index (χ0) is 19.3. The number of carbonyl (C=O) groups excluding carboxylic acids is 2. The standard InChI is InChI=1S/C20H24ClN3O2/c1-5-10-24-14(2)11-16(15(24)3)19(25)12-23(4)13-20(26)22-18-9-7-6-8-17(18)21/h5-9,11H,1,10,12-13H2,2-4H3,(H,22,26)/p+1. The number of likely N-dealkylation sites (N-methyl/N-ethyl adjacent to an activating group) is 1. The second-order valence-electron chi connectivity index (χ2n) is 6.45. The van der Waals surface area contributed by atoms with Crippen LogP contribution in [-0.4, -0.2) is 36.4 Å². The molecule has 1 amide bonds. The monoisotopic (exact) mass is 374 g/mol. The zero-order valence-electron chi connectivity index (χ0n) is 15.4. The number of aromatic nitrogens is 1. The maximum absolute atomic E-state index is 12.6. The van der Waals surface area contributed by atoms with Gasteiger partial charge in [0.15, 0.2) is 6.54 Å². The SMILES string of the molecule is C=CCn1c(C)cc(C(=O)C[NH+](C)CC(=O)Nc2ccccc2Cl)c1C. The van der Waals surface area contributed by atoms with E-state index in [4.69, 9.17) is 11.6 Å². The number of Topliss-reactive ketones (excluding diaryl/α,β-unsaturated/α-hetero) is 1. The number of ketones is 1. The molecule has 138 valence electrons. The number of amides is 1. The number of para-hydroxylation sites is 1. The number of halogens is 1. The van der Waals surface area contributed by atoms with Gasteiger partial charge in [-0.1, -0.05) is 29.8 Å². The van der Waals surface area contributed by atoms with Crippen LogP contribution < -0.4 is 10.2 Å². The number of nitrogens with zero attached hydrogens (tertiary/aromatic N) is 1. The van der Waals surface area contributed by atoms with Crippen LogP contribution in [0.1, 0.15) is 21.7 Å². The van der Waals surface area contributed by atoms with Crippen LogP contribution in [0.2, 0.25) is 5.02 Å². The normalized spacial score (nSPS) is 11.8. The first-order valence-electron chi connectivity index (χ1n) is 8.50. The molecular weight excluding hydrogens is 350 g/mol. The minimum absolute atomic E-state index is 0.0245. The Morgan fingerprint density at radius 2 is 1.96 bits per heavy atom. The number of hydrogen-bond donors (Lipinski definition) is 2. The highest BCUT2D eigenvalue weighted by atomic mass is 35.5. The van der Waals surface area contributed by atoms with Gasteiger partial charge in [-0.05, 0) is 32.0 Å². The van der Waals surface area contributed by atoms with Crippen molar-refractivity contribution >= 4 is 29.0 Å². The number of rotatable bonds is 8. The van der Waals surface area contributed by atoms with Gasteiger partial charge in [0.25, 0.3) is 5.91 Å². The lowest BCUT2D eigenvalue weighted by atomic mass is 10.1. The maximum atomic E-state index is 12.6. The van der Waals surface area contributed by atoms with E-state index in [9.17, 15) is 9.59 Å². The van der Waals surface area contributed by atoms with Crippen LogP contribution in [-0.2, 0) is 11.3 Å². The van der Waals surface area contributed by atoms with Crippen molar-refractivity contribution in [1.29, 1.82) is 0 Å². The predicted molar refractivity (Wildman–Crippen MR) is 105 cm³/mol. The van der Waals surface area contributed by atoms with E-state index < -0.39 is 0 Å². The average molecular weight is 375 g/mol. The maximum Gasteiger partial charge on any atom is 0.279 e. The quantitative estimate of drug-likeness (QED) is 0.550. The van der Waals surface area contributed by atoms with Crippen molar-refractivity contribution in [3.05, 3.63) is 65.0 Å². The molecule has 26 heavy (non-hydrogen) atoms. The summed E-state index contributed by atoms with van der Waals surface area (Å²) in [4.78, 5) is 25.6. The number of benzene rings is 1. The smallest absolute Gasteiger partial charge is 0.279 e. The van der Waals surface area contributed by atoms with E-state index in [2.05, 4.69) is 16.5 Å². The Balaban J connectivity index is 1.97. The fourth-order valence-corrected chi connectivity index (χ4v) is 3.14. The van der Waals surface area contributed by atoms with Crippen molar-refractivity contribution in [3.63, 3.8) is 0 Å². The molecule has 0 aliphatic heterocycles. The van der Waals surface area contributed by atoms with E-state index in [1.54, 1.807) is 24.3 Å². The summed E-state index contributed by atoms with van der Waals surface area (Å²) < 4.78 is 2.06. The summed E-state index contributed by atoms with van der Waals surface area (Å²) in [5, 5.41) is 3.27. The largest absolute Gasteiger partial charge is 0.345 e. The van der Waals surface area contributed by atoms with Crippen LogP contribution in [0.5, 0.6) is 0 Å². The number of quaternary nitrogens is 1. The lowest BCUT2D eigenvalue weighted by Crippen LogP contribution is -3.11. The topological polar surface area (TPSA) is 55.5 Å². The van der Waals surface area contributed by atoms with Crippen LogP contribution in [0.4, 0.5) is 5.69 Å². The Bertz CT molecular complexity index is 826. The van der Waals surface area contributed by atoms with Crippen molar-refractivity contribution in [2.24, 2.45) is 0 Å². The number of anilines is 1. The van der Waals surface area contributed by atoms with Gasteiger partial charge in [0.1, 0.15) is 6.54 Å². The van der Waals surface area contributed by atoms with E-state index in [1.165, 1.54) is 0 Å². The molecule has 5 nitrogen and oxygen atoms in total. The molecule has 0 saturated carbocycles. The van der Waals surface area contributed by atoms with Gasteiger partial charge in [-0.2, -0.15) is 0 Å². The Kier molecular flexibility index (Phi) is 6.77. The number of nitrogens with one attached hydrogen (secondary N) is 2. The molecule has 6 heteroatoms. The van der Waals surface area contributed by atoms with E-state index in [1.807, 2.05) is 33.0 Å². The van der Waals surface area contributed by atoms with E-state index in [0.29, 0.717) is 22.8 Å². The third kappa shape index (κ3) is 4.84. The summed E-state index contributed by atoms with van der Waals surface area (Å²) in [5.41, 5.74) is 3.24. The molecular formula is C20H25ClN3O2+. The van der Waals surface area contributed by atoms with Crippen molar-refractivity contribution in [3.8, 4) is 0 Å². The van der Waals surface area contributed by atoms with Gasteiger partial charge in [-0.3, -0.25) is 9.59 Å². The Labute approximate surface area is 159 Å². The summed E-state index contributed by atoms with van der Waals surface area (Å²) in [6, 6.07) is 8.97. The number of hydrogen-bond acceptors (Lipinski definition) is 2. The van der Waals surface area contributed by atoms with Gasteiger partial charge in [-0.25, -0.2) is 0 Å². The molecule has 2 N–H and O–H groups in total. The third-order valence-corrected chi connectivity index (χ3v) is 4.59. The highest BCUT2D eigenvalue weighted by Gasteiger charge is 2.20.